The van der Waals surface area contributed by atoms with Gasteiger partial charge >= 0.3 is 5.97 Å². The van der Waals surface area contributed by atoms with E-state index in [1.54, 1.807) is 26.0 Å². The van der Waals surface area contributed by atoms with Crippen LogP contribution >= 0.6 is 0 Å². The molecule has 10 heteroatoms. The SMILES string of the molecule is CCOC(=O)[C@@]12C[C@H]1/C=C\CCCCN(C)C(=O)[C@@H]1C[C@H](Oc3nc(-c4ccccc4)nc4c(C)c(OC)ccc34)C[C@H]1C(=O)N2. The minimum Gasteiger partial charge on any atom is -0.496 e. The van der Waals surface area contributed by atoms with Crippen molar-refractivity contribution in [1.29, 1.82) is 0 Å². The van der Waals surface area contributed by atoms with E-state index in [-0.39, 0.29) is 24.3 Å². The summed E-state index contributed by atoms with van der Waals surface area (Å²) in [5.41, 5.74) is 1.30. The third kappa shape index (κ3) is 6.04. The summed E-state index contributed by atoms with van der Waals surface area (Å²) in [6.07, 6.45) is 7.38. The molecule has 0 unspecified atom stereocenters. The first-order valence-corrected chi connectivity index (χ1v) is 16.2. The maximum Gasteiger partial charge on any atom is 0.332 e. The molecule has 5 atom stereocenters. The minimum absolute atomic E-state index is 0.0884. The summed E-state index contributed by atoms with van der Waals surface area (Å²) in [7, 11) is 3.42. The number of aromatic nitrogens is 2. The van der Waals surface area contributed by atoms with E-state index >= 15 is 0 Å². The number of hydrogen-bond acceptors (Lipinski definition) is 8. The topological polar surface area (TPSA) is 120 Å². The number of fused-ring (bicyclic) bond motifs is 3. The highest BCUT2D eigenvalue weighted by molar-refractivity contribution is 5.95. The number of nitrogens with zero attached hydrogens (tertiary/aromatic N) is 3. The Morgan fingerprint density at radius 3 is 2.61 bits per heavy atom. The van der Waals surface area contributed by atoms with Gasteiger partial charge in [0.2, 0.25) is 17.7 Å². The molecule has 0 radical (unpaired) electrons. The number of ether oxygens (including phenoxy) is 3. The number of nitrogens with one attached hydrogen (secondary N) is 1. The lowest BCUT2D eigenvalue weighted by molar-refractivity contribution is -0.150. The normalized spacial score (nSPS) is 27.2. The van der Waals surface area contributed by atoms with Gasteiger partial charge in [-0.2, -0.15) is 4.98 Å². The molecule has 2 amide bonds. The molecule has 0 bridgehead atoms. The number of allylic oxidation sites excluding steroid dienone is 1. The van der Waals surface area contributed by atoms with Crippen molar-refractivity contribution in [2.75, 3.05) is 27.3 Å². The third-order valence-corrected chi connectivity index (χ3v) is 9.60. The quantitative estimate of drug-likeness (QED) is 0.299. The van der Waals surface area contributed by atoms with Crippen molar-refractivity contribution < 1.29 is 28.6 Å². The molecular weight excluding hydrogens is 584 g/mol. The van der Waals surface area contributed by atoms with Crippen molar-refractivity contribution in [3.63, 3.8) is 0 Å². The van der Waals surface area contributed by atoms with Crippen LogP contribution in [0.2, 0.25) is 0 Å². The molecule has 10 nitrogen and oxygen atoms in total. The maximum atomic E-state index is 14.0. The molecule has 1 aromatic heterocycles. The van der Waals surface area contributed by atoms with Crippen LogP contribution in [-0.2, 0) is 19.1 Å². The summed E-state index contributed by atoms with van der Waals surface area (Å²) in [6, 6.07) is 13.4. The van der Waals surface area contributed by atoms with E-state index in [1.165, 1.54) is 0 Å². The van der Waals surface area contributed by atoms with Crippen LogP contribution in [0, 0.1) is 24.7 Å². The second-order valence-electron chi connectivity index (χ2n) is 12.6. The number of hydrogen-bond donors (Lipinski definition) is 1. The Kier molecular flexibility index (Phi) is 8.97. The first kappa shape index (κ1) is 31.5. The average molecular weight is 627 g/mol. The predicted octanol–water partition coefficient (Wildman–Crippen LogP) is 5.02. The summed E-state index contributed by atoms with van der Waals surface area (Å²) >= 11 is 0. The van der Waals surface area contributed by atoms with Gasteiger partial charge in [-0.25, -0.2) is 9.78 Å². The Bertz CT molecular complexity index is 1660. The van der Waals surface area contributed by atoms with Gasteiger partial charge < -0.3 is 24.4 Å². The Labute approximate surface area is 269 Å². The second-order valence-corrected chi connectivity index (χ2v) is 12.6. The molecule has 2 fully saturated rings. The molecule has 2 saturated carbocycles. The van der Waals surface area contributed by atoms with E-state index in [9.17, 15) is 14.4 Å². The third-order valence-electron chi connectivity index (χ3n) is 9.60. The van der Waals surface area contributed by atoms with Crippen molar-refractivity contribution in [1.82, 2.24) is 20.2 Å². The van der Waals surface area contributed by atoms with E-state index in [1.807, 2.05) is 55.5 Å². The molecule has 1 aliphatic heterocycles. The van der Waals surface area contributed by atoms with Gasteiger partial charge in [0, 0.05) is 30.6 Å². The first-order chi connectivity index (χ1) is 22.3. The van der Waals surface area contributed by atoms with Crippen molar-refractivity contribution >= 4 is 28.7 Å². The van der Waals surface area contributed by atoms with Gasteiger partial charge in [-0.05, 0) is 64.5 Å². The molecule has 1 N–H and O–H groups in total. The summed E-state index contributed by atoms with van der Waals surface area (Å²) in [5, 5.41) is 3.77. The van der Waals surface area contributed by atoms with Crippen LogP contribution in [0.4, 0.5) is 0 Å². The molecule has 0 saturated heterocycles. The number of carbonyl (C=O) groups excluding carboxylic acids is 3. The lowest BCUT2D eigenvalue weighted by Gasteiger charge is -2.26. The lowest BCUT2D eigenvalue weighted by Crippen LogP contribution is -2.50. The number of amides is 2. The summed E-state index contributed by atoms with van der Waals surface area (Å²) in [5.74, 6) is -0.649. The highest BCUT2D eigenvalue weighted by Crippen LogP contribution is 2.47. The van der Waals surface area contributed by atoms with Crippen molar-refractivity contribution in [2.45, 2.75) is 64.0 Å². The fourth-order valence-corrected chi connectivity index (χ4v) is 6.91. The Morgan fingerprint density at radius 2 is 1.85 bits per heavy atom. The molecule has 2 aliphatic carbocycles. The minimum atomic E-state index is -1.10. The van der Waals surface area contributed by atoms with Gasteiger partial charge in [-0.15, -0.1) is 0 Å². The predicted molar refractivity (Wildman–Crippen MR) is 173 cm³/mol. The second kappa shape index (κ2) is 13.1. The summed E-state index contributed by atoms with van der Waals surface area (Å²) < 4.78 is 17.6. The Hall–Kier alpha value is -4.47. The van der Waals surface area contributed by atoms with Crippen molar-refractivity contribution in [3.05, 3.63) is 60.2 Å². The van der Waals surface area contributed by atoms with Gasteiger partial charge in [0.25, 0.3) is 0 Å². The zero-order valence-electron chi connectivity index (χ0n) is 27.0. The standard InChI is InChI=1S/C36H42N4O6/c1-5-45-35(43)36-21-24(36)15-11-6-7-12-18-40(3)34(42)28-20-25(19-27(28)32(41)39-36)46-33-26-16-17-29(44-4)22(2)30(26)37-31(38-33)23-13-9-8-10-14-23/h8-11,13-17,24-25,27-28H,5-7,12,18-21H2,1-4H3,(H,39,41)/b15-11-/t24-,25-,27-,28-,36-/m1/s1. The highest BCUT2D eigenvalue weighted by atomic mass is 16.5. The van der Waals surface area contributed by atoms with E-state index in [2.05, 4.69) is 11.4 Å². The molecule has 0 spiro atoms. The van der Waals surface area contributed by atoms with Crippen LogP contribution in [-0.4, -0.2) is 71.6 Å². The van der Waals surface area contributed by atoms with Crippen molar-refractivity contribution in [3.8, 4) is 23.0 Å². The van der Waals surface area contributed by atoms with Gasteiger partial charge in [0.15, 0.2) is 5.82 Å². The molecule has 3 aliphatic rings. The molecule has 6 rings (SSSR count). The van der Waals surface area contributed by atoms with Gasteiger partial charge in [0.1, 0.15) is 17.4 Å². The largest absolute Gasteiger partial charge is 0.496 e. The Balaban J connectivity index is 1.34. The van der Waals surface area contributed by atoms with Gasteiger partial charge in [-0.3, -0.25) is 9.59 Å². The fourth-order valence-electron chi connectivity index (χ4n) is 6.91. The van der Waals surface area contributed by atoms with Crippen LogP contribution in [0.5, 0.6) is 11.6 Å². The van der Waals surface area contributed by atoms with Crippen LogP contribution in [0.3, 0.4) is 0 Å². The summed E-state index contributed by atoms with van der Waals surface area (Å²) in [4.78, 5) is 52.5. The molecule has 2 aromatic carbocycles. The van der Waals surface area contributed by atoms with E-state index in [0.717, 1.165) is 35.8 Å². The Morgan fingerprint density at radius 1 is 1.07 bits per heavy atom. The number of carbonyl (C=O) groups is 3. The summed E-state index contributed by atoms with van der Waals surface area (Å²) in [6.45, 7) is 4.54. The molecule has 2 heterocycles. The van der Waals surface area contributed by atoms with Crippen LogP contribution < -0.4 is 14.8 Å². The average Bonchev–Trinajstić information content (AvgIpc) is 3.59. The van der Waals surface area contributed by atoms with Crippen LogP contribution in [0.25, 0.3) is 22.3 Å². The van der Waals surface area contributed by atoms with Crippen LogP contribution in [0.15, 0.2) is 54.6 Å². The van der Waals surface area contributed by atoms with Gasteiger partial charge in [-0.1, -0.05) is 42.5 Å². The molecular formula is C36H42N4O6. The number of benzene rings is 2. The number of aryl methyl sites for hydroxylation is 1. The lowest BCUT2D eigenvalue weighted by atomic mass is 9.93. The van der Waals surface area contributed by atoms with Crippen LogP contribution in [0.1, 0.15) is 51.0 Å². The van der Waals surface area contributed by atoms with E-state index in [4.69, 9.17) is 24.2 Å². The number of esters is 1. The molecule has 242 valence electrons. The molecule has 3 aromatic rings. The first-order valence-electron chi connectivity index (χ1n) is 16.2. The smallest absolute Gasteiger partial charge is 0.332 e. The number of methoxy groups -OCH3 is 1. The van der Waals surface area contributed by atoms with Crippen molar-refractivity contribution in [2.24, 2.45) is 17.8 Å². The monoisotopic (exact) mass is 626 g/mol. The zero-order chi connectivity index (χ0) is 32.4. The molecule has 46 heavy (non-hydrogen) atoms. The zero-order valence-corrected chi connectivity index (χ0v) is 27.0. The van der Waals surface area contributed by atoms with Gasteiger partial charge in [0.05, 0.1) is 36.5 Å². The highest BCUT2D eigenvalue weighted by Gasteiger charge is 2.62. The van der Waals surface area contributed by atoms with E-state index in [0.29, 0.717) is 48.8 Å². The van der Waals surface area contributed by atoms with E-state index < -0.39 is 29.4 Å². The fraction of sp³-hybridized carbons (Fsp3) is 0.472. The number of rotatable bonds is 6. The maximum absolute atomic E-state index is 14.0.